The highest BCUT2D eigenvalue weighted by Crippen LogP contribution is 2.34. The predicted molar refractivity (Wildman–Crippen MR) is 51.1 cm³/mol. The van der Waals surface area contributed by atoms with E-state index in [4.69, 9.17) is 10.5 Å². The number of fused-ring (bicyclic) bond motifs is 1. The molecule has 1 atom stereocenters. The lowest BCUT2D eigenvalue weighted by atomic mass is 10.0. The Kier molecular flexibility index (Phi) is 2.26. The molecule has 2 nitrogen and oxygen atoms in total. The maximum Gasteiger partial charge on any atom is 0.137 e. The van der Waals surface area contributed by atoms with Gasteiger partial charge in [0.25, 0.3) is 0 Å². The highest BCUT2D eigenvalue weighted by atomic mass is 79.9. The van der Waals surface area contributed by atoms with E-state index in [0.717, 1.165) is 12.0 Å². The molecule has 0 spiro atoms. The summed E-state index contributed by atoms with van der Waals surface area (Å²) in [5, 5.41) is 0. The average molecular weight is 246 g/mol. The standard InChI is InChI=1S/C9H9BrFNO/c10-6-4-9-5(3-7(6)11)8(12)1-2-13-9/h3-4,8H,1-2,12H2. The molecule has 0 aromatic heterocycles. The first kappa shape index (κ1) is 8.97. The quantitative estimate of drug-likeness (QED) is 0.762. The molecule has 1 aliphatic heterocycles. The molecule has 1 unspecified atom stereocenters. The Labute approximate surface area is 84.0 Å². The van der Waals surface area contributed by atoms with Gasteiger partial charge in [0.05, 0.1) is 11.1 Å². The van der Waals surface area contributed by atoms with E-state index in [1.165, 1.54) is 6.07 Å². The summed E-state index contributed by atoms with van der Waals surface area (Å²) in [4.78, 5) is 0. The Balaban J connectivity index is 2.52. The third kappa shape index (κ3) is 1.56. The summed E-state index contributed by atoms with van der Waals surface area (Å²) in [5.74, 6) is 0.395. The number of ether oxygens (including phenoxy) is 1. The highest BCUT2D eigenvalue weighted by molar-refractivity contribution is 9.10. The molecule has 2 rings (SSSR count). The van der Waals surface area contributed by atoms with E-state index < -0.39 is 0 Å². The summed E-state index contributed by atoms with van der Waals surface area (Å²) in [6.45, 7) is 0.603. The van der Waals surface area contributed by atoms with Crippen molar-refractivity contribution in [2.45, 2.75) is 12.5 Å². The fourth-order valence-electron chi connectivity index (χ4n) is 1.41. The van der Waals surface area contributed by atoms with E-state index in [9.17, 15) is 4.39 Å². The second kappa shape index (κ2) is 3.27. The lowest BCUT2D eigenvalue weighted by molar-refractivity contribution is 0.268. The second-order valence-corrected chi connectivity index (χ2v) is 3.90. The lowest BCUT2D eigenvalue weighted by Gasteiger charge is -2.23. The normalized spacial score (nSPS) is 20.7. The van der Waals surface area contributed by atoms with Crippen molar-refractivity contribution in [2.75, 3.05) is 6.61 Å². The van der Waals surface area contributed by atoms with Crippen molar-refractivity contribution >= 4 is 15.9 Å². The maximum absolute atomic E-state index is 13.1. The number of rotatable bonds is 0. The molecule has 1 heterocycles. The molecule has 2 N–H and O–H groups in total. The van der Waals surface area contributed by atoms with Gasteiger partial charge in [0.2, 0.25) is 0 Å². The van der Waals surface area contributed by atoms with E-state index in [0.29, 0.717) is 16.8 Å². The number of nitrogens with two attached hydrogens (primary N) is 1. The van der Waals surface area contributed by atoms with Crippen LogP contribution in [0.4, 0.5) is 4.39 Å². The van der Waals surface area contributed by atoms with Gasteiger partial charge in [0.15, 0.2) is 0 Å². The maximum atomic E-state index is 13.1. The molecule has 0 fully saturated rings. The molecule has 13 heavy (non-hydrogen) atoms. The molecule has 0 bridgehead atoms. The minimum Gasteiger partial charge on any atom is -0.493 e. The van der Waals surface area contributed by atoms with E-state index >= 15 is 0 Å². The highest BCUT2D eigenvalue weighted by Gasteiger charge is 2.19. The largest absolute Gasteiger partial charge is 0.493 e. The van der Waals surface area contributed by atoms with Crippen molar-refractivity contribution in [2.24, 2.45) is 5.73 Å². The van der Waals surface area contributed by atoms with Gasteiger partial charge in [-0.3, -0.25) is 0 Å². The van der Waals surface area contributed by atoms with Crippen molar-refractivity contribution in [3.05, 3.63) is 28.0 Å². The topological polar surface area (TPSA) is 35.2 Å². The Bertz CT molecular complexity index is 343. The van der Waals surface area contributed by atoms with Crippen molar-refractivity contribution in [1.82, 2.24) is 0 Å². The Hall–Kier alpha value is -0.610. The van der Waals surface area contributed by atoms with Crippen molar-refractivity contribution in [3.63, 3.8) is 0 Å². The number of hydrogen-bond donors (Lipinski definition) is 1. The van der Waals surface area contributed by atoms with Crippen LogP contribution >= 0.6 is 15.9 Å². The van der Waals surface area contributed by atoms with Gasteiger partial charge in [-0.15, -0.1) is 0 Å². The molecular formula is C9H9BrFNO. The van der Waals surface area contributed by atoms with Crippen molar-refractivity contribution < 1.29 is 9.13 Å². The first-order valence-corrected chi connectivity index (χ1v) is 4.85. The Morgan fingerprint density at radius 3 is 3.08 bits per heavy atom. The molecule has 4 heteroatoms. The minimum absolute atomic E-state index is 0.105. The van der Waals surface area contributed by atoms with Crippen molar-refractivity contribution in [1.29, 1.82) is 0 Å². The van der Waals surface area contributed by atoms with Gasteiger partial charge in [-0.25, -0.2) is 4.39 Å². The smallest absolute Gasteiger partial charge is 0.137 e. The van der Waals surface area contributed by atoms with Gasteiger partial charge in [-0.1, -0.05) is 0 Å². The van der Waals surface area contributed by atoms with Gasteiger partial charge in [0, 0.05) is 18.0 Å². The fraction of sp³-hybridized carbons (Fsp3) is 0.333. The van der Waals surface area contributed by atoms with E-state index in [1.807, 2.05) is 0 Å². The zero-order valence-electron chi connectivity index (χ0n) is 6.89. The van der Waals surface area contributed by atoms with Crippen LogP contribution in [0.15, 0.2) is 16.6 Å². The molecule has 70 valence electrons. The molecule has 1 aliphatic rings. The van der Waals surface area contributed by atoms with Gasteiger partial charge >= 0.3 is 0 Å². The van der Waals surface area contributed by atoms with E-state index in [-0.39, 0.29) is 11.9 Å². The van der Waals surface area contributed by atoms with E-state index in [2.05, 4.69) is 15.9 Å². The third-order valence-corrected chi connectivity index (χ3v) is 2.75. The number of halogens is 2. The van der Waals surface area contributed by atoms with Gasteiger partial charge in [0.1, 0.15) is 11.6 Å². The van der Waals surface area contributed by atoms with Gasteiger partial charge < -0.3 is 10.5 Å². The molecule has 0 saturated heterocycles. The van der Waals surface area contributed by atoms with Crippen LogP contribution in [0.5, 0.6) is 5.75 Å². The lowest BCUT2D eigenvalue weighted by Crippen LogP contribution is -2.20. The molecule has 0 radical (unpaired) electrons. The summed E-state index contributed by atoms with van der Waals surface area (Å²) in [6, 6.07) is 2.96. The second-order valence-electron chi connectivity index (χ2n) is 3.05. The SMILES string of the molecule is NC1CCOc2cc(Br)c(F)cc21. The Morgan fingerprint density at radius 2 is 2.31 bits per heavy atom. The fourth-order valence-corrected chi connectivity index (χ4v) is 1.73. The summed E-state index contributed by atoms with van der Waals surface area (Å²) in [5.41, 5.74) is 6.56. The zero-order valence-corrected chi connectivity index (χ0v) is 8.47. The number of hydrogen-bond acceptors (Lipinski definition) is 2. The minimum atomic E-state index is -0.292. The number of benzene rings is 1. The Morgan fingerprint density at radius 1 is 1.54 bits per heavy atom. The molecule has 0 saturated carbocycles. The van der Waals surface area contributed by atoms with Crippen LogP contribution < -0.4 is 10.5 Å². The molecule has 1 aromatic rings. The average Bonchev–Trinajstić information content (AvgIpc) is 2.09. The van der Waals surface area contributed by atoms with Crippen LogP contribution in [0.2, 0.25) is 0 Å². The van der Waals surface area contributed by atoms with E-state index in [1.54, 1.807) is 6.07 Å². The molecule has 0 aliphatic carbocycles. The van der Waals surface area contributed by atoms with Gasteiger partial charge in [-0.2, -0.15) is 0 Å². The van der Waals surface area contributed by atoms with Crippen LogP contribution in [-0.4, -0.2) is 6.61 Å². The van der Waals surface area contributed by atoms with Crippen molar-refractivity contribution in [3.8, 4) is 5.75 Å². The monoisotopic (exact) mass is 245 g/mol. The predicted octanol–water partition coefficient (Wildman–Crippen LogP) is 2.37. The third-order valence-electron chi connectivity index (χ3n) is 2.14. The van der Waals surface area contributed by atoms with Crippen LogP contribution in [0, 0.1) is 5.82 Å². The van der Waals surface area contributed by atoms with Crippen LogP contribution in [0.1, 0.15) is 18.0 Å². The zero-order chi connectivity index (χ0) is 9.42. The molecule has 0 amide bonds. The summed E-state index contributed by atoms with van der Waals surface area (Å²) in [7, 11) is 0. The van der Waals surface area contributed by atoms with Crippen LogP contribution in [-0.2, 0) is 0 Å². The molecular weight excluding hydrogens is 237 g/mol. The first-order valence-electron chi connectivity index (χ1n) is 4.06. The molecule has 1 aromatic carbocycles. The summed E-state index contributed by atoms with van der Waals surface area (Å²) in [6.07, 6.45) is 0.744. The van der Waals surface area contributed by atoms with Crippen LogP contribution in [0.3, 0.4) is 0 Å². The summed E-state index contributed by atoms with van der Waals surface area (Å²) < 4.78 is 18.9. The first-order chi connectivity index (χ1) is 6.18. The van der Waals surface area contributed by atoms with Crippen LogP contribution in [0.25, 0.3) is 0 Å². The summed E-state index contributed by atoms with van der Waals surface area (Å²) >= 11 is 3.10. The van der Waals surface area contributed by atoms with Gasteiger partial charge in [-0.05, 0) is 28.1 Å².